The first kappa shape index (κ1) is 14.4. The molecule has 0 fully saturated rings. The van der Waals surface area contributed by atoms with Gasteiger partial charge in [-0.1, -0.05) is 6.58 Å². The van der Waals surface area contributed by atoms with Crippen molar-refractivity contribution in [3.63, 3.8) is 0 Å². The normalized spacial score (nSPS) is 11.6. The summed E-state index contributed by atoms with van der Waals surface area (Å²) >= 11 is 6.20. The maximum Gasteiger partial charge on any atom is 0.269 e. The molecule has 0 unspecified atom stereocenters. The minimum atomic E-state index is -3.56. The molecule has 8 heteroatoms. The van der Waals surface area contributed by atoms with E-state index in [-0.39, 0.29) is 24.8 Å². The number of aromatic nitrogens is 1. The average molecular weight is 295 g/mol. The van der Waals surface area contributed by atoms with E-state index in [4.69, 9.17) is 12.2 Å². The van der Waals surface area contributed by atoms with Crippen LogP contribution in [0.5, 0.6) is 5.88 Å². The molecule has 0 radical (unpaired) electrons. The summed E-state index contributed by atoms with van der Waals surface area (Å²) in [6.07, 6.45) is 1.48. The molecule has 0 saturated carbocycles. The van der Waals surface area contributed by atoms with Crippen molar-refractivity contribution in [3.8, 4) is 5.88 Å². The molecule has 5 nitrogen and oxygen atoms in total. The summed E-state index contributed by atoms with van der Waals surface area (Å²) in [6, 6.07) is 0. The Hall–Kier alpha value is -0.700. The SMILES string of the molecule is C=Cc1sc(=S)n(CCS(=O)(=O)OCC)c1O. The standard InChI is InChI=1S/C9H13NO4S3/c1-3-7-8(11)10(9(15)16-7)5-6-17(12,13)14-4-2/h3,11H,1,4-6H2,2H3. The Morgan fingerprint density at radius 2 is 2.29 bits per heavy atom. The zero-order valence-electron chi connectivity index (χ0n) is 9.25. The summed E-state index contributed by atoms with van der Waals surface area (Å²) in [5.74, 6) is -0.280. The molecule has 1 rings (SSSR count). The van der Waals surface area contributed by atoms with E-state index in [1.807, 2.05) is 0 Å². The molecule has 0 aliphatic heterocycles. The smallest absolute Gasteiger partial charge is 0.269 e. The van der Waals surface area contributed by atoms with Crippen molar-refractivity contribution in [1.82, 2.24) is 4.57 Å². The molecule has 0 atom stereocenters. The summed E-state index contributed by atoms with van der Waals surface area (Å²) in [5, 5.41) is 9.74. The zero-order valence-corrected chi connectivity index (χ0v) is 11.7. The second-order valence-corrected chi connectivity index (χ2v) is 6.51. The van der Waals surface area contributed by atoms with E-state index in [0.29, 0.717) is 8.83 Å². The third kappa shape index (κ3) is 3.63. The van der Waals surface area contributed by atoms with Gasteiger partial charge >= 0.3 is 0 Å². The lowest BCUT2D eigenvalue weighted by molar-refractivity contribution is 0.335. The Bertz CT molecular complexity index is 555. The molecular weight excluding hydrogens is 282 g/mol. The lowest BCUT2D eigenvalue weighted by atomic mass is 10.5. The second kappa shape index (κ2) is 5.76. The van der Waals surface area contributed by atoms with Crippen molar-refractivity contribution in [3.05, 3.63) is 15.4 Å². The first-order chi connectivity index (χ1) is 7.91. The van der Waals surface area contributed by atoms with Gasteiger partial charge in [-0.3, -0.25) is 8.75 Å². The molecule has 0 saturated heterocycles. The van der Waals surface area contributed by atoms with E-state index in [1.54, 1.807) is 6.92 Å². The van der Waals surface area contributed by atoms with Gasteiger partial charge in [-0.2, -0.15) is 8.42 Å². The maximum absolute atomic E-state index is 11.3. The molecule has 0 bridgehead atoms. The summed E-state index contributed by atoms with van der Waals surface area (Å²) < 4.78 is 29.0. The van der Waals surface area contributed by atoms with Crippen LogP contribution in [0.15, 0.2) is 6.58 Å². The fraction of sp³-hybridized carbons (Fsp3) is 0.444. The Labute approximate surface area is 109 Å². The molecular formula is C9H13NO4S3. The van der Waals surface area contributed by atoms with Crippen LogP contribution in [-0.4, -0.2) is 30.5 Å². The summed E-state index contributed by atoms with van der Waals surface area (Å²) in [6.45, 7) is 5.30. The molecule has 0 aliphatic carbocycles. The summed E-state index contributed by atoms with van der Waals surface area (Å²) in [5.41, 5.74) is 0. The van der Waals surface area contributed by atoms with Crippen molar-refractivity contribution in [2.24, 2.45) is 0 Å². The van der Waals surface area contributed by atoms with Gasteiger partial charge in [-0.25, -0.2) is 0 Å². The molecule has 1 heterocycles. The van der Waals surface area contributed by atoms with E-state index < -0.39 is 10.1 Å². The van der Waals surface area contributed by atoms with E-state index in [9.17, 15) is 13.5 Å². The Morgan fingerprint density at radius 1 is 1.65 bits per heavy atom. The average Bonchev–Trinajstić information content (AvgIpc) is 2.51. The van der Waals surface area contributed by atoms with Crippen LogP contribution in [0.4, 0.5) is 0 Å². The van der Waals surface area contributed by atoms with Crippen molar-refractivity contribution in [1.29, 1.82) is 0 Å². The number of hydrogen-bond acceptors (Lipinski definition) is 6. The second-order valence-electron chi connectivity index (χ2n) is 3.08. The van der Waals surface area contributed by atoms with Crippen LogP contribution in [-0.2, 0) is 20.8 Å². The van der Waals surface area contributed by atoms with E-state index in [0.717, 1.165) is 0 Å². The number of hydrogen-bond donors (Lipinski definition) is 1. The monoisotopic (exact) mass is 295 g/mol. The lowest BCUT2D eigenvalue weighted by Crippen LogP contribution is -2.15. The van der Waals surface area contributed by atoms with E-state index >= 15 is 0 Å². The quantitative estimate of drug-likeness (QED) is 0.642. The predicted octanol–water partition coefficient (Wildman–Crippen LogP) is 1.99. The van der Waals surface area contributed by atoms with Gasteiger partial charge < -0.3 is 5.11 Å². The predicted molar refractivity (Wildman–Crippen MR) is 70.3 cm³/mol. The molecule has 0 amide bonds. The fourth-order valence-electron chi connectivity index (χ4n) is 1.19. The Morgan fingerprint density at radius 3 is 2.76 bits per heavy atom. The van der Waals surface area contributed by atoms with Crippen molar-refractivity contribution < 1.29 is 17.7 Å². The van der Waals surface area contributed by atoms with Crippen LogP contribution in [0.3, 0.4) is 0 Å². The van der Waals surface area contributed by atoms with Gasteiger partial charge in [0.2, 0.25) is 5.88 Å². The Kier molecular flexibility index (Phi) is 4.87. The molecule has 0 spiro atoms. The zero-order chi connectivity index (χ0) is 13.1. The van der Waals surface area contributed by atoms with Crippen LogP contribution in [0.25, 0.3) is 6.08 Å². The highest BCUT2D eigenvalue weighted by Gasteiger charge is 2.14. The van der Waals surface area contributed by atoms with Gasteiger partial charge in [-0.15, -0.1) is 11.3 Å². The minimum Gasteiger partial charge on any atom is -0.493 e. The largest absolute Gasteiger partial charge is 0.493 e. The van der Waals surface area contributed by atoms with Gasteiger partial charge in [0.25, 0.3) is 10.1 Å². The maximum atomic E-state index is 11.3. The van der Waals surface area contributed by atoms with Crippen molar-refractivity contribution >= 4 is 39.7 Å². The number of aromatic hydroxyl groups is 1. The van der Waals surface area contributed by atoms with Crippen LogP contribution >= 0.6 is 23.6 Å². The summed E-state index contributed by atoms with van der Waals surface area (Å²) in [7, 11) is -3.56. The van der Waals surface area contributed by atoms with Gasteiger partial charge in [0, 0.05) is 6.54 Å². The third-order valence-electron chi connectivity index (χ3n) is 1.94. The van der Waals surface area contributed by atoms with Crippen molar-refractivity contribution in [2.75, 3.05) is 12.4 Å². The van der Waals surface area contributed by atoms with Crippen molar-refractivity contribution in [2.45, 2.75) is 13.5 Å². The topological polar surface area (TPSA) is 68.5 Å². The third-order valence-corrected chi connectivity index (χ3v) is 4.65. The van der Waals surface area contributed by atoms with Crippen LogP contribution in [0.1, 0.15) is 11.8 Å². The fourth-order valence-corrected chi connectivity index (χ4v) is 3.28. The van der Waals surface area contributed by atoms with E-state index in [2.05, 4.69) is 10.8 Å². The molecule has 17 heavy (non-hydrogen) atoms. The first-order valence-electron chi connectivity index (χ1n) is 4.83. The molecule has 96 valence electrons. The molecule has 0 aromatic carbocycles. The van der Waals surface area contributed by atoms with Gasteiger partial charge in [-0.05, 0) is 25.2 Å². The highest BCUT2D eigenvalue weighted by molar-refractivity contribution is 7.86. The minimum absolute atomic E-state index is 0.0540. The molecule has 1 aromatic heterocycles. The van der Waals surface area contributed by atoms with E-state index in [1.165, 1.54) is 22.0 Å². The number of nitrogens with zero attached hydrogens (tertiary/aromatic N) is 1. The highest BCUT2D eigenvalue weighted by Crippen LogP contribution is 2.26. The molecule has 1 N–H and O–H groups in total. The van der Waals surface area contributed by atoms with Gasteiger partial charge in [0.05, 0.1) is 17.2 Å². The highest BCUT2D eigenvalue weighted by atomic mass is 32.2. The van der Waals surface area contributed by atoms with Gasteiger partial charge in [0.15, 0.2) is 3.95 Å². The van der Waals surface area contributed by atoms with Crippen LogP contribution in [0, 0.1) is 3.95 Å². The van der Waals surface area contributed by atoms with Crippen LogP contribution in [0.2, 0.25) is 0 Å². The number of thiazole rings is 1. The lowest BCUT2D eigenvalue weighted by Gasteiger charge is -2.05. The molecule has 0 aliphatic rings. The van der Waals surface area contributed by atoms with Gasteiger partial charge in [0.1, 0.15) is 0 Å². The Balaban J connectivity index is 2.87. The van der Waals surface area contributed by atoms with Crippen LogP contribution < -0.4 is 0 Å². The first-order valence-corrected chi connectivity index (χ1v) is 7.63. The number of rotatable bonds is 6. The molecule has 1 aromatic rings. The summed E-state index contributed by atoms with van der Waals surface area (Å²) in [4.78, 5) is 0.531.